The third-order valence-corrected chi connectivity index (χ3v) is 8.95. The molecule has 0 aliphatic heterocycles. The maximum Gasteiger partial charge on any atom is 0.269 e. The smallest absolute Gasteiger partial charge is 0.269 e. The highest BCUT2D eigenvalue weighted by molar-refractivity contribution is 7.99. The molecule has 7 nitrogen and oxygen atoms in total. The van der Waals surface area contributed by atoms with Crippen LogP contribution in [-0.4, -0.2) is 39.5 Å². The predicted molar refractivity (Wildman–Crippen MR) is 165 cm³/mol. The maximum atomic E-state index is 13.9. The Morgan fingerprint density at radius 1 is 0.927 bits per heavy atom. The molecule has 3 aromatic carbocycles. The van der Waals surface area contributed by atoms with Gasteiger partial charge in [-0.3, -0.25) is 19.7 Å². The van der Waals surface area contributed by atoms with Crippen LogP contribution < -0.4 is 5.32 Å². The van der Waals surface area contributed by atoms with Gasteiger partial charge in [-0.1, -0.05) is 91.0 Å². The molecule has 0 saturated heterocycles. The summed E-state index contributed by atoms with van der Waals surface area (Å²) in [5.41, 5.74) is 2.42. The Morgan fingerprint density at radius 2 is 1.59 bits per heavy atom. The molecule has 1 N–H and O–H groups in total. The van der Waals surface area contributed by atoms with E-state index in [1.54, 1.807) is 35.2 Å². The summed E-state index contributed by atoms with van der Waals surface area (Å²) in [5.74, 6) is 0.202. The second-order valence-corrected chi connectivity index (χ2v) is 12.0. The zero-order valence-electron chi connectivity index (χ0n) is 22.6. The summed E-state index contributed by atoms with van der Waals surface area (Å²) in [6.07, 6.45) is 5.52. The van der Waals surface area contributed by atoms with Crippen molar-refractivity contribution >= 4 is 52.5 Å². The number of non-ortho nitro benzene ring substituents is 1. The van der Waals surface area contributed by atoms with Gasteiger partial charge in [-0.05, 0) is 36.1 Å². The number of carbonyl (C=O) groups excluding carboxylic acids is 2. The van der Waals surface area contributed by atoms with Crippen LogP contribution in [0.15, 0.2) is 72.8 Å². The lowest BCUT2D eigenvalue weighted by Gasteiger charge is -2.34. The second-order valence-electron chi connectivity index (χ2n) is 10.2. The van der Waals surface area contributed by atoms with Crippen LogP contribution >= 0.6 is 35.0 Å². The van der Waals surface area contributed by atoms with Crippen molar-refractivity contribution < 1.29 is 14.5 Å². The van der Waals surface area contributed by atoms with E-state index in [9.17, 15) is 19.7 Å². The molecule has 3 aromatic rings. The normalized spacial score (nSPS) is 14.3. The van der Waals surface area contributed by atoms with E-state index in [0.29, 0.717) is 27.8 Å². The van der Waals surface area contributed by atoms with Crippen molar-refractivity contribution in [2.75, 3.05) is 5.75 Å². The third kappa shape index (κ3) is 8.96. The van der Waals surface area contributed by atoms with Crippen molar-refractivity contribution in [3.05, 3.63) is 110 Å². The van der Waals surface area contributed by atoms with Crippen LogP contribution in [0.2, 0.25) is 10.0 Å². The summed E-state index contributed by atoms with van der Waals surface area (Å²) in [4.78, 5) is 39.9. The van der Waals surface area contributed by atoms with Crippen molar-refractivity contribution in [1.82, 2.24) is 10.2 Å². The molecule has 1 saturated carbocycles. The molecule has 10 heteroatoms. The van der Waals surface area contributed by atoms with Gasteiger partial charge in [0, 0.05) is 52.5 Å². The average Bonchev–Trinajstić information content (AvgIpc) is 2.97. The summed E-state index contributed by atoms with van der Waals surface area (Å²) in [5, 5.41) is 15.0. The van der Waals surface area contributed by atoms with Gasteiger partial charge in [-0.15, -0.1) is 11.8 Å². The minimum absolute atomic E-state index is 0.0188. The number of nitro groups is 1. The van der Waals surface area contributed by atoms with E-state index in [1.165, 1.54) is 30.3 Å². The van der Waals surface area contributed by atoms with Gasteiger partial charge >= 0.3 is 0 Å². The van der Waals surface area contributed by atoms with E-state index in [-0.39, 0.29) is 35.8 Å². The Labute approximate surface area is 254 Å². The molecule has 0 radical (unpaired) electrons. The number of benzene rings is 3. The van der Waals surface area contributed by atoms with Crippen LogP contribution in [-0.2, 0) is 28.3 Å². The van der Waals surface area contributed by atoms with Gasteiger partial charge < -0.3 is 10.2 Å². The Balaban J connectivity index is 1.58. The van der Waals surface area contributed by atoms with Gasteiger partial charge in [0.15, 0.2) is 0 Å². The quantitative estimate of drug-likeness (QED) is 0.172. The van der Waals surface area contributed by atoms with Gasteiger partial charge in [0.2, 0.25) is 11.8 Å². The number of nitrogens with one attached hydrogen (secondary N) is 1. The molecule has 0 aromatic heterocycles. The number of thioether (sulfide) groups is 1. The third-order valence-electron chi connectivity index (χ3n) is 7.25. The zero-order chi connectivity index (χ0) is 29.2. The number of rotatable bonds is 12. The SMILES string of the molecule is O=C(NC1CCCCC1)C(Cc1ccccc1)N(Cc1c(Cl)cccc1Cl)C(=O)CSCc1ccc([N+](=O)[O-])cc1. The van der Waals surface area contributed by atoms with E-state index in [0.717, 1.165) is 36.8 Å². The lowest BCUT2D eigenvalue weighted by Crippen LogP contribution is -2.53. The number of halogens is 2. The van der Waals surface area contributed by atoms with Crippen molar-refractivity contribution in [1.29, 1.82) is 0 Å². The van der Waals surface area contributed by atoms with E-state index in [1.807, 2.05) is 30.3 Å². The molecule has 0 spiro atoms. The van der Waals surface area contributed by atoms with Crippen LogP contribution in [0.5, 0.6) is 0 Å². The van der Waals surface area contributed by atoms with E-state index < -0.39 is 11.0 Å². The monoisotopic (exact) mass is 613 g/mol. The van der Waals surface area contributed by atoms with E-state index in [2.05, 4.69) is 5.32 Å². The molecule has 0 bridgehead atoms. The summed E-state index contributed by atoms with van der Waals surface area (Å²) in [7, 11) is 0. The second kappa shape index (κ2) is 15.2. The highest BCUT2D eigenvalue weighted by Crippen LogP contribution is 2.28. The number of hydrogen-bond acceptors (Lipinski definition) is 5. The summed E-state index contributed by atoms with van der Waals surface area (Å²) in [6, 6.07) is 20.5. The highest BCUT2D eigenvalue weighted by Gasteiger charge is 2.32. The first-order chi connectivity index (χ1) is 19.8. The summed E-state index contributed by atoms with van der Waals surface area (Å²) >= 11 is 14.4. The topological polar surface area (TPSA) is 92.6 Å². The van der Waals surface area contributed by atoms with E-state index >= 15 is 0 Å². The molecule has 1 aliphatic carbocycles. The maximum absolute atomic E-state index is 13.9. The van der Waals surface area contributed by atoms with Crippen molar-refractivity contribution in [3.8, 4) is 0 Å². The Kier molecular flexibility index (Phi) is 11.5. The first kappa shape index (κ1) is 30.9. The van der Waals surface area contributed by atoms with Crippen LogP contribution in [0.3, 0.4) is 0 Å². The molecular weight excluding hydrogens is 581 g/mol. The molecule has 4 rings (SSSR count). The van der Waals surface area contributed by atoms with Crippen LogP contribution in [0, 0.1) is 10.1 Å². The standard InChI is InChI=1S/C31H33Cl2N3O4S/c32-27-12-7-13-28(33)26(27)19-35(30(37)21-41-20-23-14-16-25(17-15-23)36(39)40)29(18-22-8-3-1-4-9-22)31(38)34-24-10-5-2-6-11-24/h1,3-4,7-9,12-17,24,29H,2,5-6,10-11,18-21H2,(H,34,38). The fraction of sp³-hybridized carbons (Fsp3) is 0.355. The zero-order valence-corrected chi connectivity index (χ0v) is 25.0. The molecule has 1 unspecified atom stereocenters. The van der Waals surface area contributed by atoms with Crippen LogP contribution in [0.4, 0.5) is 5.69 Å². The Hall–Kier alpha value is -3.07. The van der Waals surface area contributed by atoms with E-state index in [4.69, 9.17) is 23.2 Å². The van der Waals surface area contributed by atoms with Gasteiger partial charge in [0.1, 0.15) is 6.04 Å². The van der Waals surface area contributed by atoms with Crippen LogP contribution in [0.1, 0.15) is 48.8 Å². The first-order valence-electron chi connectivity index (χ1n) is 13.7. The molecule has 1 aliphatic rings. The van der Waals surface area contributed by atoms with Gasteiger partial charge in [-0.2, -0.15) is 0 Å². The minimum Gasteiger partial charge on any atom is -0.352 e. The fourth-order valence-corrected chi connectivity index (χ4v) is 6.39. The Bertz CT molecular complexity index is 1310. The lowest BCUT2D eigenvalue weighted by molar-refractivity contribution is -0.384. The van der Waals surface area contributed by atoms with Crippen molar-refractivity contribution in [2.45, 2.75) is 62.9 Å². The van der Waals surface area contributed by atoms with Crippen LogP contribution in [0.25, 0.3) is 0 Å². The molecule has 1 fully saturated rings. The Morgan fingerprint density at radius 3 is 2.22 bits per heavy atom. The molecule has 0 heterocycles. The molecule has 41 heavy (non-hydrogen) atoms. The average molecular weight is 615 g/mol. The van der Waals surface area contributed by atoms with Crippen molar-refractivity contribution in [3.63, 3.8) is 0 Å². The number of nitro benzene ring substituents is 1. The number of amides is 2. The lowest BCUT2D eigenvalue weighted by atomic mass is 9.94. The number of hydrogen-bond donors (Lipinski definition) is 1. The summed E-state index contributed by atoms with van der Waals surface area (Å²) in [6.45, 7) is 0.0883. The van der Waals surface area contributed by atoms with Gasteiger partial charge in [0.05, 0.1) is 10.7 Å². The molecule has 2 amide bonds. The fourth-order valence-electron chi connectivity index (χ4n) is 5.00. The minimum atomic E-state index is -0.765. The molecule has 1 atom stereocenters. The highest BCUT2D eigenvalue weighted by atomic mass is 35.5. The number of nitrogens with zero attached hydrogens (tertiary/aromatic N) is 2. The number of carbonyl (C=O) groups is 2. The largest absolute Gasteiger partial charge is 0.352 e. The first-order valence-corrected chi connectivity index (χ1v) is 15.6. The molecule has 216 valence electrons. The predicted octanol–water partition coefficient (Wildman–Crippen LogP) is 7.22. The summed E-state index contributed by atoms with van der Waals surface area (Å²) < 4.78 is 0. The van der Waals surface area contributed by atoms with Crippen molar-refractivity contribution in [2.24, 2.45) is 0 Å². The van der Waals surface area contributed by atoms with Gasteiger partial charge in [-0.25, -0.2) is 0 Å². The van der Waals surface area contributed by atoms with Gasteiger partial charge in [0.25, 0.3) is 5.69 Å². The molecular formula is C31H33Cl2N3O4S.